The van der Waals surface area contributed by atoms with E-state index in [9.17, 15) is 4.79 Å². The summed E-state index contributed by atoms with van der Waals surface area (Å²) in [6.07, 6.45) is 7.04. The van der Waals surface area contributed by atoms with Crippen LogP contribution in [-0.2, 0) is 0 Å². The van der Waals surface area contributed by atoms with Gasteiger partial charge in [-0.05, 0) is 53.3 Å². The van der Waals surface area contributed by atoms with E-state index in [1.165, 1.54) is 0 Å². The van der Waals surface area contributed by atoms with Gasteiger partial charge in [-0.3, -0.25) is 14.8 Å². The number of amides is 1. The van der Waals surface area contributed by atoms with Gasteiger partial charge in [-0.1, -0.05) is 11.9 Å². The third-order valence-electron chi connectivity index (χ3n) is 6.69. The van der Waals surface area contributed by atoms with Gasteiger partial charge in [0.15, 0.2) is 0 Å². The van der Waals surface area contributed by atoms with Crippen LogP contribution in [0.15, 0.2) is 53.4 Å². The third kappa shape index (κ3) is 5.91. The van der Waals surface area contributed by atoms with Crippen molar-refractivity contribution < 1.29 is 9.53 Å². The van der Waals surface area contributed by atoms with Crippen molar-refractivity contribution in [2.75, 3.05) is 68.6 Å². The van der Waals surface area contributed by atoms with Crippen molar-refractivity contribution in [3.05, 3.63) is 59.0 Å². The molecule has 13 heteroatoms. The Balaban J connectivity index is 1.40. The van der Waals surface area contributed by atoms with E-state index < -0.39 is 0 Å². The highest BCUT2D eigenvalue weighted by molar-refractivity contribution is 9.10. The fraction of sp³-hybridized carbons (Fsp3) is 0.296. The molecular formula is C27H30BrN9O2S. The molecule has 208 valence electrons. The standard InChI is InChI=1S/C27H30BrN9O2S/c1-35-11-13-37(14-12-35)26(38)17-5-6-19(22(15-17)39-3)33-27-31-16-18(28)25(34-27)32-21-8-7-20-23(30-10-9-29-20)24(21)36(2)40-4/h5-10,15-16H,11-14H2,1-4H3,(H2,31,32,33,34). The predicted octanol–water partition coefficient (Wildman–Crippen LogP) is 4.78. The van der Waals surface area contributed by atoms with Crippen LogP contribution in [-0.4, -0.2) is 89.3 Å². The Bertz CT molecular complexity index is 1530. The summed E-state index contributed by atoms with van der Waals surface area (Å²) in [6, 6.07) is 9.24. The lowest BCUT2D eigenvalue weighted by molar-refractivity contribution is 0.0664. The average Bonchev–Trinajstić information content (AvgIpc) is 2.98. The highest BCUT2D eigenvalue weighted by atomic mass is 79.9. The third-order valence-corrected chi connectivity index (χ3v) is 8.00. The number of hydrogen-bond donors (Lipinski definition) is 2. The van der Waals surface area contributed by atoms with E-state index in [2.05, 4.69) is 53.5 Å². The summed E-state index contributed by atoms with van der Waals surface area (Å²) in [6.45, 7) is 3.14. The Morgan fingerprint density at radius 3 is 2.55 bits per heavy atom. The quantitative estimate of drug-likeness (QED) is 0.264. The average molecular weight is 625 g/mol. The van der Waals surface area contributed by atoms with E-state index in [4.69, 9.17) is 9.72 Å². The van der Waals surface area contributed by atoms with Gasteiger partial charge >= 0.3 is 0 Å². The number of ether oxygens (including phenoxy) is 1. The van der Waals surface area contributed by atoms with Gasteiger partial charge in [0.1, 0.15) is 17.1 Å². The number of rotatable bonds is 8. The first kappa shape index (κ1) is 27.9. The molecule has 40 heavy (non-hydrogen) atoms. The van der Waals surface area contributed by atoms with Crippen LogP contribution in [0.2, 0.25) is 0 Å². The lowest BCUT2D eigenvalue weighted by Gasteiger charge is -2.32. The van der Waals surface area contributed by atoms with Gasteiger partial charge in [0.05, 0.1) is 34.2 Å². The number of nitrogens with one attached hydrogen (secondary N) is 2. The first-order valence-corrected chi connectivity index (χ1v) is 14.6. The van der Waals surface area contributed by atoms with Crippen molar-refractivity contribution in [1.29, 1.82) is 0 Å². The molecular weight excluding hydrogens is 594 g/mol. The van der Waals surface area contributed by atoms with Crippen LogP contribution in [0.5, 0.6) is 5.75 Å². The molecule has 2 aromatic carbocycles. The van der Waals surface area contributed by atoms with Gasteiger partial charge in [-0.2, -0.15) is 4.98 Å². The summed E-state index contributed by atoms with van der Waals surface area (Å²) < 4.78 is 8.34. The fourth-order valence-corrected chi connectivity index (χ4v) is 5.07. The van der Waals surface area contributed by atoms with Gasteiger partial charge in [0.25, 0.3) is 5.91 Å². The molecule has 0 radical (unpaired) electrons. The molecule has 11 nitrogen and oxygen atoms in total. The van der Waals surface area contributed by atoms with Crippen LogP contribution >= 0.6 is 27.9 Å². The smallest absolute Gasteiger partial charge is 0.254 e. The van der Waals surface area contributed by atoms with Crippen LogP contribution in [0.3, 0.4) is 0 Å². The van der Waals surface area contributed by atoms with E-state index in [0.29, 0.717) is 46.3 Å². The first-order chi connectivity index (χ1) is 19.4. The molecule has 1 fully saturated rings. The van der Waals surface area contributed by atoms with Gasteiger partial charge in [0.2, 0.25) is 5.95 Å². The zero-order valence-corrected chi connectivity index (χ0v) is 25.1. The SMILES string of the molecule is COc1cc(C(=O)N2CCN(C)CC2)ccc1Nc1ncc(Br)c(Nc2ccc3nccnc3c2N(C)SC)n1. The monoisotopic (exact) mass is 623 g/mol. The molecule has 3 heterocycles. The molecule has 0 bridgehead atoms. The number of halogens is 1. The number of aromatic nitrogens is 4. The van der Waals surface area contributed by atoms with Crippen molar-refractivity contribution in [3.63, 3.8) is 0 Å². The van der Waals surface area contributed by atoms with E-state index >= 15 is 0 Å². The van der Waals surface area contributed by atoms with E-state index in [1.54, 1.807) is 49.8 Å². The van der Waals surface area contributed by atoms with E-state index in [0.717, 1.165) is 35.5 Å². The molecule has 1 amide bonds. The van der Waals surface area contributed by atoms with Crippen LogP contribution in [0.1, 0.15) is 10.4 Å². The second-order valence-corrected chi connectivity index (χ2v) is 11.0. The predicted molar refractivity (Wildman–Crippen MR) is 164 cm³/mol. The number of anilines is 5. The summed E-state index contributed by atoms with van der Waals surface area (Å²) in [7, 11) is 5.62. The van der Waals surface area contributed by atoms with Gasteiger partial charge in [0, 0.05) is 63.6 Å². The van der Waals surface area contributed by atoms with Crippen LogP contribution in [0.25, 0.3) is 11.0 Å². The maximum absolute atomic E-state index is 13.1. The Kier molecular flexibility index (Phi) is 8.52. The number of carbonyl (C=O) groups excluding carboxylic acids is 1. The number of hydrogen-bond acceptors (Lipinski definition) is 11. The normalized spacial score (nSPS) is 13.8. The van der Waals surface area contributed by atoms with Crippen LogP contribution in [0, 0.1) is 0 Å². The Morgan fingerprint density at radius 2 is 1.80 bits per heavy atom. The number of likely N-dealkylation sites (N-methyl/N-ethyl adjacent to an activating group) is 1. The van der Waals surface area contributed by atoms with Crippen molar-refractivity contribution in [1.82, 2.24) is 29.7 Å². The van der Waals surface area contributed by atoms with Crippen LogP contribution in [0.4, 0.5) is 28.8 Å². The maximum atomic E-state index is 13.1. The van der Waals surface area contributed by atoms with Crippen molar-refractivity contribution >= 4 is 73.6 Å². The maximum Gasteiger partial charge on any atom is 0.254 e. The Hall–Kier alpha value is -3.68. The van der Waals surface area contributed by atoms with Gasteiger partial charge in [-0.15, -0.1) is 0 Å². The lowest BCUT2D eigenvalue weighted by atomic mass is 10.1. The van der Waals surface area contributed by atoms with Crippen molar-refractivity contribution in [2.24, 2.45) is 0 Å². The number of benzene rings is 2. The summed E-state index contributed by atoms with van der Waals surface area (Å²) >= 11 is 5.13. The van der Waals surface area contributed by atoms with Crippen molar-refractivity contribution in [3.8, 4) is 5.75 Å². The number of piperazine rings is 1. The summed E-state index contributed by atoms with van der Waals surface area (Å²) in [4.78, 5) is 35.3. The van der Waals surface area contributed by atoms with Crippen molar-refractivity contribution in [2.45, 2.75) is 0 Å². The largest absolute Gasteiger partial charge is 0.495 e. The molecule has 1 aliphatic rings. The molecule has 1 aliphatic heterocycles. The highest BCUT2D eigenvalue weighted by Gasteiger charge is 2.22. The molecule has 0 atom stereocenters. The summed E-state index contributed by atoms with van der Waals surface area (Å²) in [5.41, 5.74) is 4.52. The molecule has 4 aromatic rings. The molecule has 1 saturated heterocycles. The second-order valence-electron chi connectivity index (χ2n) is 9.22. The number of carbonyl (C=O) groups is 1. The topological polar surface area (TPSA) is 112 Å². The van der Waals surface area contributed by atoms with Crippen LogP contribution < -0.4 is 19.7 Å². The minimum Gasteiger partial charge on any atom is -0.495 e. The minimum absolute atomic E-state index is 0.00424. The molecule has 2 aromatic heterocycles. The number of nitrogens with zero attached hydrogens (tertiary/aromatic N) is 7. The molecule has 2 N–H and O–H groups in total. The zero-order valence-electron chi connectivity index (χ0n) is 22.7. The molecule has 5 rings (SSSR count). The Labute approximate surface area is 245 Å². The Morgan fingerprint density at radius 1 is 1.05 bits per heavy atom. The molecule has 0 unspecified atom stereocenters. The molecule has 0 spiro atoms. The van der Waals surface area contributed by atoms with Gasteiger partial charge < -0.3 is 29.5 Å². The summed E-state index contributed by atoms with van der Waals surface area (Å²) in [5, 5.41) is 6.65. The lowest BCUT2D eigenvalue weighted by Crippen LogP contribution is -2.47. The molecule has 0 saturated carbocycles. The minimum atomic E-state index is -0.00424. The number of fused-ring (bicyclic) bond motifs is 1. The van der Waals surface area contributed by atoms with Gasteiger partial charge in [-0.25, -0.2) is 4.98 Å². The highest BCUT2D eigenvalue weighted by Crippen LogP contribution is 2.37. The molecule has 0 aliphatic carbocycles. The second kappa shape index (κ2) is 12.2. The van der Waals surface area contributed by atoms with E-state index in [1.807, 2.05) is 40.7 Å². The summed E-state index contributed by atoms with van der Waals surface area (Å²) in [5.74, 6) is 1.45. The number of methoxy groups -OCH3 is 1. The fourth-order valence-electron chi connectivity index (χ4n) is 4.42. The van der Waals surface area contributed by atoms with E-state index in [-0.39, 0.29) is 5.91 Å². The zero-order chi connectivity index (χ0) is 28.2. The first-order valence-electron chi connectivity index (χ1n) is 12.6.